The van der Waals surface area contributed by atoms with E-state index < -0.39 is 14.9 Å². The Balaban J connectivity index is 1.60. The van der Waals surface area contributed by atoms with Gasteiger partial charge in [0.25, 0.3) is 0 Å². The molecule has 0 unspecified atom stereocenters. The molecule has 0 atom stereocenters. The van der Waals surface area contributed by atoms with Gasteiger partial charge < -0.3 is 0 Å². The summed E-state index contributed by atoms with van der Waals surface area (Å²) in [6.45, 7) is 2.12. The third-order valence-corrected chi connectivity index (χ3v) is 5.66. The fourth-order valence-corrected chi connectivity index (χ4v) is 3.88. The highest BCUT2D eigenvalue weighted by Gasteiger charge is 2.28. The maximum atomic E-state index is 12.5. The van der Waals surface area contributed by atoms with Crippen molar-refractivity contribution in [1.82, 2.24) is 24.0 Å². The Hall–Kier alpha value is -2.37. The molecule has 1 aliphatic rings. The van der Waals surface area contributed by atoms with E-state index >= 15 is 0 Å². The molecule has 11 heteroatoms. The number of pyridine rings is 1. The van der Waals surface area contributed by atoms with E-state index in [1.807, 2.05) is 4.90 Å². The lowest BCUT2D eigenvalue weighted by Gasteiger charge is -2.33. The van der Waals surface area contributed by atoms with Gasteiger partial charge in [-0.15, -0.1) is 0 Å². The number of nitro groups is 1. The molecule has 3 heterocycles. The lowest BCUT2D eigenvalue weighted by molar-refractivity contribution is -0.385. The number of hydrogen-bond donors (Lipinski definition) is 0. The van der Waals surface area contributed by atoms with Crippen molar-refractivity contribution < 1.29 is 13.3 Å². The van der Waals surface area contributed by atoms with E-state index in [9.17, 15) is 18.5 Å². The van der Waals surface area contributed by atoms with E-state index in [1.165, 1.54) is 39.8 Å². The average molecular weight is 352 g/mol. The zero-order valence-corrected chi connectivity index (χ0v) is 13.5. The third-order valence-electron chi connectivity index (χ3n) is 3.78. The fraction of sp³-hybridized carbons (Fsp3) is 0.385. The predicted octanol–water partition coefficient (Wildman–Crippen LogP) is 0.150. The Labute approximate surface area is 138 Å². The third kappa shape index (κ3) is 3.42. The Bertz CT molecular complexity index is 814. The van der Waals surface area contributed by atoms with Gasteiger partial charge in [-0.25, -0.2) is 8.42 Å². The molecule has 0 bridgehead atoms. The fourth-order valence-electron chi connectivity index (χ4n) is 2.49. The first kappa shape index (κ1) is 16.5. The second-order valence-corrected chi connectivity index (χ2v) is 7.29. The van der Waals surface area contributed by atoms with Crippen LogP contribution in [-0.4, -0.2) is 63.5 Å². The molecule has 0 amide bonds. The number of rotatable bonds is 5. The van der Waals surface area contributed by atoms with Gasteiger partial charge in [0, 0.05) is 38.6 Å². The highest BCUT2D eigenvalue weighted by atomic mass is 32.2. The summed E-state index contributed by atoms with van der Waals surface area (Å²) in [5, 5.41) is 14.6. The lowest BCUT2D eigenvalue weighted by Crippen LogP contribution is -2.48. The Kier molecular flexibility index (Phi) is 4.55. The SMILES string of the molecule is O=[N+]([O-])c1cnn(CN2CCN(S(=O)(=O)c3cccnc3)CC2)c1. The van der Waals surface area contributed by atoms with Crippen molar-refractivity contribution in [3.63, 3.8) is 0 Å². The summed E-state index contributed by atoms with van der Waals surface area (Å²) in [5.41, 5.74) is -0.0622. The van der Waals surface area contributed by atoms with Crippen LogP contribution in [-0.2, 0) is 16.7 Å². The topological polar surface area (TPSA) is 114 Å². The molecule has 2 aromatic rings. The van der Waals surface area contributed by atoms with Gasteiger partial charge in [-0.3, -0.25) is 24.7 Å². The van der Waals surface area contributed by atoms with E-state index in [4.69, 9.17) is 0 Å². The summed E-state index contributed by atoms with van der Waals surface area (Å²) in [7, 11) is -3.53. The number of nitrogens with zero attached hydrogens (tertiary/aromatic N) is 6. The van der Waals surface area contributed by atoms with Crippen LogP contribution in [0.4, 0.5) is 5.69 Å². The van der Waals surface area contributed by atoms with Crippen molar-refractivity contribution in [2.45, 2.75) is 11.6 Å². The first-order chi connectivity index (χ1) is 11.5. The van der Waals surface area contributed by atoms with Gasteiger partial charge in [0.05, 0.1) is 11.6 Å². The van der Waals surface area contributed by atoms with Crippen molar-refractivity contribution in [2.24, 2.45) is 0 Å². The minimum Gasteiger partial charge on any atom is -0.282 e. The number of sulfonamides is 1. The van der Waals surface area contributed by atoms with Crippen LogP contribution in [0.2, 0.25) is 0 Å². The Morgan fingerprint density at radius 2 is 1.96 bits per heavy atom. The molecule has 0 radical (unpaired) electrons. The summed E-state index contributed by atoms with van der Waals surface area (Å²) in [5.74, 6) is 0. The number of piperazine rings is 1. The molecule has 0 spiro atoms. The first-order valence-electron chi connectivity index (χ1n) is 7.26. The Morgan fingerprint density at radius 1 is 1.21 bits per heavy atom. The molecule has 1 saturated heterocycles. The summed E-state index contributed by atoms with van der Waals surface area (Å²) >= 11 is 0. The van der Waals surface area contributed by atoms with Gasteiger partial charge in [0.2, 0.25) is 10.0 Å². The molecule has 1 fully saturated rings. The molecule has 0 aromatic carbocycles. The minimum absolute atomic E-state index is 0.0622. The standard InChI is InChI=1S/C13H16N6O4S/c20-19(21)12-8-15-17(10-12)11-16-4-6-18(7-5-16)24(22,23)13-2-1-3-14-9-13/h1-3,8-10H,4-7,11H2. The van der Waals surface area contributed by atoms with Crippen LogP contribution in [0.5, 0.6) is 0 Å². The summed E-state index contributed by atoms with van der Waals surface area (Å²) in [6.07, 6.45) is 5.42. The van der Waals surface area contributed by atoms with Crippen LogP contribution < -0.4 is 0 Å². The minimum atomic E-state index is -3.53. The van der Waals surface area contributed by atoms with E-state index in [-0.39, 0.29) is 10.6 Å². The van der Waals surface area contributed by atoms with Crippen molar-refractivity contribution in [3.8, 4) is 0 Å². The lowest BCUT2D eigenvalue weighted by atomic mass is 10.4. The van der Waals surface area contributed by atoms with Gasteiger partial charge in [-0.1, -0.05) is 0 Å². The molecule has 0 aliphatic carbocycles. The zero-order valence-electron chi connectivity index (χ0n) is 12.7. The van der Waals surface area contributed by atoms with Crippen LogP contribution in [0.25, 0.3) is 0 Å². The number of hydrogen-bond acceptors (Lipinski definition) is 7. The van der Waals surface area contributed by atoms with Crippen LogP contribution in [0.3, 0.4) is 0 Å². The molecule has 0 N–H and O–H groups in total. The van der Waals surface area contributed by atoms with Crippen molar-refractivity contribution >= 4 is 15.7 Å². The van der Waals surface area contributed by atoms with E-state index in [1.54, 1.807) is 6.07 Å². The van der Waals surface area contributed by atoms with E-state index in [0.29, 0.717) is 32.8 Å². The van der Waals surface area contributed by atoms with Crippen LogP contribution >= 0.6 is 0 Å². The molecule has 3 rings (SSSR count). The highest BCUT2D eigenvalue weighted by molar-refractivity contribution is 7.89. The van der Waals surface area contributed by atoms with E-state index in [0.717, 1.165) is 0 Å². The van der Waals surface area contributed by atoms with E-state index in [2.05, 4.69) is 10.1 Å². The molecule has 24 heavy (non-hydrogen) atoms. The largest absolute Gasteiger partial charge is 0.307 e. The quantitative estimate of drug-likeness (QED) is 0.556. The van der Waals surface area contributed by atoms with Crippen molar-refractivity contribution in [2.75, 3.05) is 26.2 Å². The molecule has 1 aliphatic heterocycles. The second kappa shape index (κ2) is 6.63. The average Bonchev–Trinajstić information content (AvgIpc) is 3.05. The maximum Gasteiger partial charge on any atom is 0.307 e. The number of aromatic nitrogens is 3. The summed E-state index contributed by atoms with van der Waals surface area (Å²) < 4.78 is 27.9. The Morgan fingerprint density at radius 3 is 2.54 bits per heavy atom. The molecule has 0 saturated carbocycles. The van der Waals surface area contributed by atoms with Gasteiger partial charge >= 0.3 is 5.69 Å². The molecule has 128 valence electrons. The van der Waals surface area contributed by atoms with Gasteiger partial charge in [0.1, 0.15) is 17.3 Å². The van der Waals surface area contributed by atoms with Gasteiger partial charge in [-0.2, -0.15) is 9.40 Å². The van der Waals surface area contributed by atoms with Crippen molar-refractivity contribution in [1.29, 1.82) is 0 Å². The van der Waals surface area contributed by atoms with Crippen LogP contribution in [0.15, 0.2) is 41.8 Å². The van der Waals surface area contributed by atoms with Gasteiger partial charge in [0.15, 0.2) is 0 Å². The molecular formula is C13H16N6O4S. The van der Waals surface area contributed by atoms with Crippen LogP contribution in [0.1, 0.15) is 0 Å². The summed E-state index contributed by atoms with van der Waals surface area (Å²) in [4.78, 5) is 16.2. The summed E-state index contributed by atoms with van der Waals surface area (Å²) in [6, 6.07) is 3.12. The first-order valence-corrected chi connectivity index (χ1v) is 8.70. The zero-order chi connectivity index (χ0) is 17.2. The predicted molar refractivity (Wildman–Crippen MR) is 83.5 cm³/mol. The van der Waals surface area contributed by atoms with Crippen LogP contribution in [0, 0.1) is 10.1 Å². The molecule has 2 aromatic heterocycles. The maximum absolute atomic E-state index is 12.5. The van der Waals surface area contributed by atoms with Gasteiger partial charge in [-0.05, 0) is 12.1 Å². The smallest absolute Gasteiger partial charge is 0.282 e. The monoisotopic (exact) mass is 352 g/mol. The van der Waals surface area contributed by atoms with Crippen molar-refractivity contribution in [3.05, 3.63) is 47.0 Å². The normalized spacial score (nSPS) is 17.0. The second-order valence-electron chi connectivity index (χ2n) is 5.35. The highest BCUT2D eigenvalue weighted by Crippen LogP contribution is 2.17. The molecule has 10 nitrogen and oxygen atoms in total. The molecular weight excluding hydrogens is 336 g/mol.